The third-order valence-corrected chi connectivity index (χ3v) is 2.86. The minimum absolute atomic E-state index is 0.156. The number of primary amides is 2. The van der Waals surface area contributed by atoms with Crippen LogP contribution in [0.2, 0.25) is 0 Å². The van der Waals surface area contributed by atoms with E-state index in [0.717, 1.165) is 5.56 Å². The molecule has 0 bridgehead atoms. The third-order valence-electron chi connectivity index (χ3n) is 2.86. The molecule has 0 aliphatic carbocycles. The summed E-state index contributed by atoms with van der Waals surface area (Å²) in [5, 5.41) is 2.14. The van der Waals surface area contributed by atoms with Gasteiger partial charge in [0.1, 0.15) is 11.9 Å². The lowest BCUT2D eigenvalue weighted by atomic mass is 10.2. The van der Waals surface area contributed by atoms with Crippen LogP contribution in [0.5, 0.6) is 5.75 Å². The molecule has 0 fully saturated rings. The van der Waals surface area contributed by atoms with Crippen molar-refractivity contribution in [2.24, 2.45) is 11.5 Å². The van der Waals surface area contributed by atoms with E-state index >= 15 is 0 Å². The minimum atomic E-state index is -1.56. The third kappa shape index (κ3) is 5.06. The molecule has 22 heavy (non-hydrogen) atoms. The molecule has 1 unspecified atom stereocenters. The molecule has 1 rings (SSSR count). The van der Waals surface area contributed by atoms with E-state index in [2.05, 4.69) is 5.32 Å². The molecular formula is C14H19N3O5. The normalized spacial score (nSPS) is 11.8. The molecule has 0 aromatic heterocycles. The predicted molar refractivity (Wildman–Crippen MR) is 77.6 cm³/mol. The number of nitrogens with one attached hydrogen (secondary N) is 1. The van der Waals surface area contributed by atoms with Gasteiger partial charge in [0.2, 0.25) is 17.7 Å². The number of methoxy groups -OCH3 is 1. The second-order valence-corrected chi connectivity index (χ2v) is 4.55. The Morgan fingerprint density at radius 3 is 2.41 bits per heavy atom. The fraction of sp³-hybridized carbons (Fsp3) is 0.357. The average Bonchev–Trinajstić information content (AvgIpc) is 2.49. The lowest BCUT2D eigenvalue weighted by molar-refractivity contribution is -0.139. The van der Waals surface area contributed by atoms with Crippen molar-refractivity contribution in [1.29, 1.82) is 0 Å². The van der Waals surface area contributed by atoms with Crippen molar-refractivity contribution in [3.8, 4) is 5.75 Å². The summed E-state index contributed by atoms with van der Waals surface area (Å²) in [7, 11) is 1.55. The zero-order valence-corrected chi connectivity index (χ0v) is 12.4. The SMILES string of the molecule is COc1cccc(COC(C)C(=O)NC(C(N)=O)C(N)=O)c1. The van der Waals surface area contributed by atoms with Crippen LogP contribution in [0.4, 0.5) is 0 Å². The Balaban J connectivity index is 2.56. The second kappa shape index (κ2) is 7.99. The molecule has 0 saturated carbocycles. The summed E-state index contributed by atoms with van der Waals surface area (Å²) in [6.07, 6.45) is -0.896. The average molecular weight is 309 g/mol. The highest BCUT2D eigenvalue weighted by molar-refractivity contribution is 6.05. The van der Waals surface area contributed by atoms with Gasteiger partial charge in [-0.1, -0.05) is 12.1 Å². The van der Waals surface area contributed by atoms with E-state index in [9.17, 15) is 14.4 Å². The number of hydrogen-bond acceptors (Lipinski definition) is 5. The van der Waals surface area contributed by atoms with E-state index in [4.69, 9.17) is 20.9 Å². The Morgan fingerprint density at radius 1 is 1.23 bits per heavy atom. The quantitative estimate of drug-likeness (QED) is 0.533. The van der Waals surface area contributed by atoms with E-state index in [1.807, 2.05) is 6.07 Å². The van der Waals surface area contributed by atoms with E-state index in [-0.39, 0.29) is 6.61 Å². The van der Waals surface area contributed by atoms with Gasteiger partial charge in [-0.25, -0.2) is 0 Å². The van der Waals surface area contributed by atoms with E-state index in [0.29, 0.717) is 5.75 Å². The Bertz CT molecular complexity index is 547. The number of hydrogen-bond donors (Lipinski definition) is 3. The highest BCUT2D eigenvalue weighted by Gasteiger charge is 2.26. The summed E-state index contributed by atoms with van der Waals surface area (Å²) < 4.78 is 10.5. The Labute approximate surface area is 127 Å². The van der Waals surface area contributed by atoms with Crippen LogP contribution >= 0.6 is 0 Å². The maximum absolute atomic E-state index is 11.8. The Hall–Kier alpha value is -2.61. The number of carbonyl (C=O) groups is 3. The summed E-state index contributed by atoms with van der Waals surface area (Å²) in [6, 6.07) is 5.58. The first-order valence-corrected chi connectivity index (χ1v) is 6.48. The molecule has 3 amide bonds. The van der Waals surface area contributed by atoms with Gasteiger partial charge >= 0.3 is 0 Å². The molecule has 0 radical (unpaired) electrons. The molecule has 1 aromatic rings. The fourth-order valence-electron chi connectivity index (χ4n) is 1.60. The zero-order chi connectivity index (χ0) is 16.7. The highest BCUT2D eigenvalue weighted by Crippen LogP contribution is 2.13. The maximum atomic E-state index is 11.8. The molecule has 0 saturated heterocycles. The lowest BCUT2D eigenvalue weighted by Crippen LogP contribution is -2.54. The summed E-state index contributed by atoms with van der Waals surface area (Å²) in [4.78, 5) is 33.8. The topological polar surface area (TPSA) is 134 Å². The van der Waals surface area contributed by atoms with Gasteiger partial charge in [0.15, 0.2) is 6.04 Å². The Kier molecular flexibility index (Phi) is 6.33. The van der Waals surface area contributed by atoms with E-state index in [1.54, 1.807) is 25.3 Å². The zero-order valence-electron chi connectivity index (χ0n) is 12.4. The summed E-state index contributed by atoms with van der Waals surface area (Å²) >= 11 is 0. The maximum Gasteiger partial charge on any atom is 0.249 e. The number of amides is 3. The van der Waals surface area contributed by atoms with Crippen molar-refractivity contribution < 1.29 is 23.9 Å². The van der Waals surface area contributed by atoms with Gasteiger partial charge in [0.25, 0.3) is 0 Å². The monoisotopic (exact) mass is 309 g/mol. The van der Waals surface area contributed by atoms with Crippen LogP contribution in [-0.2, 0) is 25.7 Å². The molecule has 0 heterocycles. The van der Waals surface area contributed by atoms with Gasteiger partial charge in [-0.15, -0.1) is 0 Å². The summed E-state index contributed by atoms with van der Waals surface area (Å²) in [6.45, 7) is 1.64. The van der Waals surface area contributed by atoms with Crippen molar-refractivity contribution >= 4 is 17.7 Å². The number of benzene rings is 1. The number of rotatable bonds is 8. The predicted octanol–water partition coefficient (Wildman–Crippen LogP) is -0.944. The van der Waals surface area contributed by atoms with Gasteiger partial charge in [0, 0.05) is 0 Å². The first-order valence-electron chi connectivity index (χ1n) is 6.48. The first kappa shape index (κ1) is 17.4. The van der Waals surface area contributed by atoms with Gasteiger partial charge < -0.3 is 26.3 Å². The van der Waals surface area contributed by atoms with Crippen molar-refractivity contribution in [3.05, 3.63) is 29.8 Å². The largest absolute Gasteiger partial charge is 0.497 e. The minimum Gasteiger partial charge on any atom is -0.497 e. The van der Waals surface area contributed by atoms with Crippen LogP contribution in [0.25, 0.3) is 0 Å². The lowest BCUT2D eigenvalue weighted by Gasteiger charge is -2.17. The molecule has 0 aliphatic rings. The molecule has 8 heteroatoms. The molecular weight excluding hydrogens is 290 g/mol. The number of carbonyl (C=O) groups excluding carboxylic acids is 3. The molecule has 1 atom stereocenters. The van der Waals surface area contributed by atoms with Crippen LogP contribution in [0, 0.1) is 0 Å². The van der Waals surface area contributed by atoms with Crippen LogP contribution in [0.1, 0.15) is 12.5 Å². The standard InChI is InChI=1S/C14H19N3O5/c1-8(14(20)17-11(12(15)18)13(16)19)22-7-9-4-3-5-10(6-9)21-2/h3-6,8,11H,7H2,1-2H3,(H2,15,18)(H2,16,19)(H,17,20). The van der Waals surface area contributed by atoms with Crippen molar-refractivity contribution in [1.82, 2.24) is 5.32 Å². The van der Waals surface area contributed by atoms with Crippen LogP contribution in [-0.4, -0.2) is 37.0 Å². The molecule has 0 aliphatic heterocycles. The fourth-order valence-corrected chi connectivity index (χ4v) is 1.60. The first-order chi connectivity index (χ1) is 10.3. The molecule has 1 aromatic carbocycles. The molecule has 8 nitrogen and oxygen atoms in total. The van der Waals surface area contributed by atoms with Crippen molar-refractivity contribution in [2.45, 2.75) is 25.7 Å². The highest BCUT2D eigenvalue weighted by atomic mass is 16.5. The van der Waals surface area contributed by atoms with Gasteiger partial charge in [0.05, 0.1) is 13.7 Å². The molecule has 0 spiro atoms. The summed E-state index contributed by atoms with van der Waals surface area (Å²) in [5.41, 5.74) is 10.8. The smallest absolute Gasteiger partial charge is 0.249 e. The van der Waals surface area contributed by atoms with E-state index < -0.39 is 29.9 Å². The van der Waals surface area contributed by atoms with Crippen LogP contribution in [0.3, 0.4) is 0 Å². The molecule has 5 N–H and O–H groups in total. The number of nitrogens with two attached hydrogens (primary N) is 2. The van der Waals surface area contributed by atoms with E-state index in [1.165, 1.54) is 6.92 Å². The second-order valence-electron chi connectivity index (χ2n) is 4.55. The van der Waals surface area contributed by atoms with Gasteiger partial charge in [-0.2, -0.15) is 0 Å². The molecule has 120 valence electrons. The van der Waals surface area contributed by atoms with Crippen LogP contribution in [0.15, 0.2) is 24.3 Å². The Morgan fingerprint density at radius 2 is 1.86 bits per heavy atom. The van der Waals surface area contributed by atoms with Crippen molar-refractivity contribution in [2.75, 3.05) is 7.11 Å². The summed E-state index contributed by atoms with van der Waals surface area (Å²) in [5.74, 6) is -2.05. The number of ether oxygens (including phenoxy) is 2. The van der Waals surface area contributed by atoms with Crippen molar-refractivity contribution in [3.63, 3.8) is 0 Å². The van der Waals surface area contributed by atoms with Gasteiger partial charge in [-0.3, -0.25) is 14.4 Å². The van der Waals surface area contributed by atoms with Gasteiger partial charge in [-0.05, 0) is 24.6 Å². The van der Waals surface area contributed by atoms with Crippen LogP contribution < -0.4 is 21.5 Å².